The Labute approximate surface area is 108 Å². The van der Waals surface area contributed by atoms with Gasteiger partial charge in [-0.05, 0) is 49.2 Å². The van der Waals surface area contributed by atoms with Crippen LogP contribution in [0.1, 0.15) is 32.1 Å². The summed E-state index contributed by atoms with van der Waals surface area (Å²) in [6, 6.07) is 0. The van der Waals surface area contributed by atoms with Gasteiger partial charge in [-0.25, -0.2) is 8.42 Å². The van der Waals surface area contributed by atoms with E-state index in [0.717, 1.165) is 49.9 Å². The fraction of sp³-hybridized carbons (Fsp3) is 0.750. The second-order valence-electron chi connectivity index (χ2n) is 4.94. The number of nitrogens with zero attached hydrogens (tertiary/aromatic N) is 1. The Balaban J connectivity index is 2.18. The third-order valence-electron chi connectivity index (χ3n) is 3.59. The number of ether oxygens (including phenoxy) is 1. The predicted molar refractivity (Wildman–Crippen MR) is 70.9 cm³/mol. The van der Waals surface area contributed by atoms with Crippen LogP contribution in [0.25, 0.3) is 0 Å². The number of nitrogens with two attached hydrogens (primary N) is 1. The van der Waals surface area contributed by atoms with Crippen LogP contribution in [-0.4, -0.2) is 33.7 Å². The van der Waals surface area contributed by atoms with Gasteiger partial charge >= 0.3 is 0 Å². The molecular weight excluding hydrogens is 252 g/mol. The zero-order valence-electron chi connectivity index (χ0n) is 10.7. The lowest BCUT2D eigenvalue weighted by atomic mass is 9.80. The molecular formula is C12H20N2O3S. The second kappa shape index (κ2) is 5.40. The minimum absolute atomic E-state index is 0.0593. The first-order chi connectivity index (χ1) is 8.53. The molecule has 0 aromatic carbocycles. The summed E-state index contributed by atoms with van der Waals surface area (Å²) in [6.07, 6.45) is 4.91. The normalized spacial score (nSPS) is 26.7. The summed E-state index contributed by atoms with van der Waals surface area (Å²) >= 11 is 0. The van der Waals surface area contributed by atoms with Crippen molar-refractivity contribution in [1.82, 2.24) is 0 Å². The van der Waals surface area contributed by atoms with Gasteiger partial charge in [-0.3, -0.25) is 0 Å². The van der Waals surface area contributed by atoms with Crippen LogP contribution >= 0.6 is 0 Å². The molecule has 1 unspecified atom stereocenters. The first-order valence-corrected chi connectivity index (χ1v) is 7.94. The molecule has 1 heterocycles. The topological polar surface area (TPSA) is 81.8 Å². The SMILES string of the molecule is COCCCC1CCCC2=C1C(N)=NS(=O)(=O)C2. The molecule has 1 aliphatic heterocycles. The Morgan fingerprint density at radius 2 is 2.28 bits per heavy atom. The molecule has 0 amide bonds. The molecule has 5 nitrogen and oxygen atoms in total. The lowest BCUT2D eigenvalue weighted by Crippen LogP contribution is -2.32. The highest BCUT2D eigenvalue weighted by Gasteiger charge is 2.31. The van der Waals surface area contributed by atoms with Gasteiger partial charge in [0.2, 0.25) is 0 Å². The average Bonchev–Trinajstić information content (AvgIpc) is 2.27. The molecule has 2 aliphatic rings. The van der Waals surface area contributed by atoms with E-state index in [2.05, 4.69) is 4.40 Å². The van der Waals surface area contributed by atoms with E-state index in [1.165, 1.54) is 0 Å². The zero-order valence-corrected chi connectivity index (χ0v) is 11.5. The van der Waals surface area contributed by atoms with Gasteiger partial charge in [0.15, 0.2) is 0 Å². The van der Waals surface area contributed by atoms with Gasteiger partial charge < -0.3 is 10.5 Å². The molecule has 2 rings (SSSR count). The molecule has 1 atom stereocenters. The van der Waals surface area contributed by atoms with Crippen LogP contribution in [0.5, 0.6) is 0 Å². The van der Waals surface area contributed by atoms with Crippen LogP contribution in [0.3, 0.4) is 0 Å². The van der Waals surface area contributed by atoms with Crippen LogP contribution < -0.4 is 5.73 Å². The predicted octanol–water partition coefficient (Wildman–Crippen LogP) is 1.21. The largest absolute Gasteiger partial charge is 0.385 e. The van der Waals surface area contributed by atoms with Crippen molar-refractivity contribution < 1.29 is 13.2 Å². The third kappa shape index (κ3) is 2.92. The van der Waals surface area contributed by atoms with E-state index >= 15 is 0 Å². The molecule has 0 fully saturated rings. The molecule has 102 valence electrons. The minimum atomic E-state index is -3.37. The summed E-state index contributed by atoms with van der Waals surface area (Å²) in [5.74, 6) is 0.630. The Morgan fingerprint density at radius 3 is 3.00 bits per heavy atom. The Bertz CT molecular complexity index is 480. The quantitative estimate of drug-likeness (QED) is 0.780. The summed E-state index contributed by atoms with van der Waals surface area (Å²) in [6.45, 7) is 0.731. The van der Waals surface area contributed by atoms with Gasteiger partial charge in [0, 0.05) is 13.7 Å². The molecule has 2 N–H and O–H groups in total. The van der Waals surface area contributed by atoms with Crippen LogP contribution in [-0.2, 0) is 14.8 Å². The van der Waals surface area contributed by atoms with Crippen molar-refractivity contribution >= 4 is 15.9 Å². The van der Waals surface area contributed by atoms with Crippen molar-refractivity contribution in [3.05, 3.63) is 11.1 Å². The van der Waals surface area contributed by atoms with Crippen molar-refractivity contribution in [3.8, 4) is 0 Å². The fourth-order valence-electron chi connectivity index (χ4n) is 2.88. The first kappa shape index (κ1) is 13.5. The molecule has 0 aromatic rings. The number of hydrogen-bond acceptors (Lipinski definition) is 4. The van der Waals surface area contributed by atoms with E-state index in [1.54, 1.807) is 7.11 Å². The summed E-state index contributed by atoms with van der Waals surface area (Å²) in [5, 5.41) is 0. The van der Waals surface area contributed by atoms with Crippen molar-refractivity contribution in [2.24, 2.45) is 16.0 Å². The molecule has 6 heteroatoms. The van der Waals surface area contributed by atoms with E-state index in [1.807, 2.05) is 0 Å². The summed E-state index contributed by atoms with van der Waals surface area (Å²) in [4.78, 5) is 0. The summed E-state index contributed by atoms with van der Waals surface area (Å²) < 4.78 is 31.8. The van der Waals surface area contributed by atoms with Crippen molar-refractivity contribution in [3.63, 3.8) is 0 Å². The van der Waals surface area contributed by atoms with Gasteiger partial charge in [0.05, 0.1) is 5.75 Å². The van der Waals surface area contributed by atoms with Crippen molar-refractivity contribution in [2.45, 2.75) is 32.1 Å². The molecule has 0 saturated heterocycles. The van der Waals surface area contributed by atoms with Crippen LogP contribution in [0.15, 0.2) is 15.5 Å². The highest BCUT2D eigenvalue weighted by molar-refractivity contribution is 7.90. The maximum atomic E-state index is 11.6. The zero-order chi connectivity index (χ0) is 13.2. The molecule has 1 aliphatic carbocycles. The molecule has 0 bridgehead atoms. The summed E-state index contributed by atoms with van der Waals surface area (Å²) in [5.41, 5.74) is 7.83. The monoisotopic (exact) mass is 272 g/mol. The summed E-state index contributed by atoms with van der Waals surface area (Å²) in [7, 11) is -1.68. The lowest BCUT2D eigenvalue weighted by Gasteiger charge is -2.30. The second-order valence-corrected chi connectivity index (χ2v) is 6.58. The minimum Gasteiger partial charge on any atom is -0.385 e. The number of sulfonamides is 1. The van der Waals surface area contributed by atoms with Crippen LogP contribution in [0, 0.1) is 5.92 Å². The Morgan fingerprint density at radius 1 is 1.50 bits per heavy atom. The molecule has 0 spiro atoms. The van der Waals surface area contributed by atoms with Crippen LogP contribution in [0.4, 0.5) is 0 Å². The van der Waals surface area contributed by atoms with Crippen LogP contribution in [0.2, 0.25) is 0 Å². The Hall–Kier alpha value is -0.880. The van der Waals surface area contributed by atoms with E-state index in [9.17, 15) is 8.42 Å². The standard InChI is InChI=1S/C12H20N2O3S/c1-17-7-3-6-9-4-2-5-10-8-18(15,16)14-12(13)11(9)10/h9H,2-8H2,1H3,(H2,13,14). The number of methoxy groups -OCH3 is 1. The third-order valence-corrected chi connectivity index (χ3v) is 4.78. The maximum absolute atomic E-state index is 11.6. The van der Waals surface area contributed by atoms with Gasteiger partial charge in [0.25, 0.3) is 10.0 Å². The molecule has 18 heavy (non-hydrogen) atoms. The van der Waals surface area contributed by atoms with E-state index in [0.29, 0.717) is 5.92 Å². The van der Waals surface area contributed by atoms with Gasteiger partial charge in [-0.15, -0.1) is 4.40 Å². The molecule has 0 saturated carbocycles. The molecule has 0 aromatic heterocycles. The highest BCUT2D eigenvalue weighted by atomic mass is 32.2. The van der Waals surface area contributed by atoms with E-state index < -0.39 is 10.0 Å². The van der Waals surface area contributed by atoms with Gasteiger partial charge in [0.1, 0.15) is 5.84 Å². The average molecular weight is 272 g/mol. The fourth-order valence-corrected chi connectivity index (χ4v) is 4.09. The smallest absolute Gasteiger partial charge is 0.258 e. The van der Waals surface area contributed by atoms with Crippen molar-refractivity contribution in [2.75, 3.05) is 19.5 Å². The van der Waals surface area contributed by atoms with E-state index in [4.69, 9.17) is 10.5 Å². The highest BCUT2D eigenvalue weighted by Crippen LogP contribution is 2.36. The van der Waals surface area contributed by atoms with Gasteiger partial charge in [-0.1, -0.05) is 0 Å². The number of amidine groups is 1. The number of rotatable bonds is 4. The van der Waals surface area contributed by atoms with Crippen molar-refractivity contribution in [1.29, 1.82) is 0 Å². The number of hydrogen-bond donors (Lipinski definition) is 1. The lowest BCUT2D eigenvalue weighted by molar-refractivity contribution is 0.187. The Kier molecular flexibility index (Phi) is 4.07. The van der Waals surface area contributed by atoms with Gasteiger partial charge in [-0.2, -0.15) is 0 Å². The van der Waals surface area contributed by atoms with E-state index in [-0.39, 0.29) is 11.6 Å². The molecule has 0 radical (unpaired) electrons. The first-order valence-electron chi connectivity index (χ1n) is 6.33. The maximum Gasteiger partial charge on any atom is 0.258 e.